The molecule has 0 saturated carbocycles. The molecule has 2 heteroatoms. The number of halogens is 1. The fraction of sp³-hybridized carbons (Fsp3) is 0.538. The Kier molecular flexibility index (Phi) is 4.82. The first-order valence-electron chi connectivity index (χ1n) is 5.15. The van der Waals surface area contributed by atoms with E-state index in [1.165, 1.54) is 16.7 Å². The van der Waals surface area contributed by atoms with Crippen LogP contribution in [0.15, 0.2) is 18.2 Å². The van der Waals surface area contributed by atoms with Gasteiger partial charge in [-0.3, -0.25) is 0 Å². The maximum atomic E-state index is 6.19. The highest BCUT2D eigenvalue weighted by Crippen LogP contribution is 2.30. The first kappa shape index (κ1) is 14.5. The molecule has 0 fully saturated rings. The van der Waals surface area contributed by atoms with Crippen molar-refractivity contribution in [2.75, 3.05) is 0 Å². The van der Waals surface area contributed by atoms with E-state index >= 15 is 0 Å². The van der Waals surface area contributed by atoms with E-state index < -0.39 is 0 Å². The van der Waals surface area contributed by atoms with Gasteiger partial charge in [-0.25, -0.2) is 0 Å². The summed E-state index contributed by atoms with van der Waals surface area (Å²) in [6.45, 7) is 10.8. The monoisotopic (exact) mass is 227 g/mol. The lowest BCUT2D eigenvalue weighted by Crippen LogP contribution is -2.26. The fourth-order valence-corrected chi connectivity index (χ4v) is 1.46. The molecule has 0 amide bonds. The summed E-state index contributed by atoms with van der Waals surface area (Å²) in [6, 6.07) is 6.60. The van der Waals surface area contributed by atoms with Crippen LogP contribution in [0.4, 0.5) is 0 Å². The van der Waals surface area contributed by atoms with Crippen LogP contribution in [0.3, 0.4) is 0 Å². The summed E-state index contributed by atoms with van der Waals surface area (Å²) in [6.07, 6.45) is 0. The summed E-state index contributed by atoms with van der Waals surface area (Å²) in [5.41, 5.74) is 10.2. The lowest BCUT2D eigenvalue weighted by atomic mass is 9.82. The molecule has 0 spiro atoms. The topological polar surface area (TPSA) is 26.0 Å². The van der Waals surface area contributed by atoms with E-state index in [0.717, 1.165) is 0 Å². The molecular weight excluding hydrogens is 206 g/mol. The average molecular weight is 228 g/mol. The zero-order chi connectivity index (χ0) is 10.9. The van der Waals surface area contributed by atoms with Crippen molar-refractivity contribution in [3.05, 3.63) is 34.9 Å². The van der Waals surface area contributed by atoms with Crippen LogP contribution < -0.4 is 5.73 Å². The minimum absolute atomic E-state index is 0. The fourth-order valence-electron chi connectivity index (χ4n) is 1.46. The normalized spacial score (nSPS) is 13.2. The molecule has 0 radical (unpaired) electrons. The van der Waals surface area contributed by atoms with Crippen molar-refractivity contribution in [1.29, 1.82) is 0 Å². The summed E-state index contributed by atoms with van der Waals surface area (Å²) < 4.78 is 0. The number of hydrogen-bond donors (Lipinski definition) is 1. The van der Waals surface area contributed by atoms with Crippen LogP contribution >= 0.6 is 12.4 Å². The Bertz CT molecular complexity index is 326. The van der Waals surface area contributed by atoms with Crippen molar-refractivity contribution in [2.45, 2.75) is 40.7 Å². The molecule has 1 atom stereocenters. The van der Waals surface area contributed by atoms with Gasteiger partial charge in [0.05, 0.1) is 0 Å². The van der Waals surface area contributed by atoms with Crippen molar-refractivity contribution in [2.24, 2.45) is 11.1 Å². The Morgan fingerprint density at radius 1 is 1.07 bits per heavy atom. The number of hydrogen-bond acceptors (Lipinski definition) is 1. The smallest absolute Gasteiger partial charge is 0.0344 e. The van der Waals surface area contributed by atoms with E-state index in [9.17, 15) is 0 Å². The molecular formula is C13H22ClN. The second kappa shape index (κ2) is 5.00. The molecule has 0 saturated heterocycles. The Labute approximate surface area is 99.5 Å². The Morgan fingerprint density at radius 2 is 1.60 bits per heavy atom. The van der Waals surface area contributed by atoms with Gasteiger partial charge in [0.2, 0.25) is 0 Å². The molecule has 1 nitrogen and oxygen atoms in total. The third-order valence-corrected chi connectivity index (χ3v) is 2.82. The number of aryl methyl sites for hydroxylation is 2. The van der Waals surface area contributed by atoms with E-state index in [-0.39, 0.29) is 23.9 Å². The molecule has 0 unspecified atom stereocenters. The van der Waals surface area contributed by atoms with Gasteiger partial charge in [0, 0.05) is 6.04 Å². The highest BCUT2D eigenvalue weighted by atomic mass is 35.5. The molecule has 0 aliphatic carbocycles. The number of benzene rings is 1. The van der Waals surface area contributed by atoms with Crippen LogP contribution in [0.25, 0.3) is 0 Å². The minimum atomic E-state index is 0. The third-order valence-electron chi connectivity index (χ3n) is 2.82. The summed E-state index contributed by atoms with van der Waals surface area (Å²) in [7, 11) is 0. The van der Waals surface area contributed by atoms with Crippen LogP contribution in [0.1, 0.15) is 43.5 Å². The Balaban J connectivity index is 0.00000196. The van der Waals surface area contributed by atoms with Crippen molar-refractivity contribution in [3.63, 3.8) is 0 Å². The van der Waals surface area contributed by atoms with Crippen LogP contribution in [-0.4, -0.2) is 0 Å². The van der Waals surface area contributed by atoms with Crippen molar-refractivity contribution < 1.29 is 0 Å². The molecule has 86 valence electrons. The molecule has 1 rings (SSSR count). The molecule has 0 aromatic heterocycles. The lowest BCUT2D eigenvalue weighted by Gasteiger charge is -2.27. The Morgan fingerprint density at radius 3 is 2.00 bits per heavy atom. The highest BCUT2D eigenvalue weighted by molar-refractivity contribution is 5.85. The van der Waals surface area contributed by atoms with Gasteiger partial charge in [0.25, 0.3) is 0 Å². The van der Waals surface area contributed by atoms with Gasteiger partial charge >= 0.3 is 0 Å². The maximum Gasteiger partial charge on any atom is 0.0344 e. The van der Waals surface area contributed by atoms with E-state index in [1.807, 2.05) is 0 Å². The summed E-state index contributed by atoms with van der Waals surface area (Å²) >= 11 is 0. The first-order chi connectivity index (χ1) is 6.32. The molecule has 0 aliphatic heterocycles. The molecule has 1 aromatic rings. The van der Waals surface area contributed by atoms with Gasteiger partial charge in [0.1, 0.15) is 0 Å². The molecule has 0 aliphatic rings. The molecule has 2 N–H and O–H groups in total. The molecule has 1 aromatic carbocycles. The van der Waals surface area contributed by atoms with Gasteiger partial charge in [0.15, 0.2) is 0 Å². The highest BCUT2D eigenvalue weighted by Gasteiger charge is 2.22. The van der Waals surface area contributed by atoms with E-state index in [2.05, 4.69) is 52.8 Å². The summed E-state index contributed by atoms with van der Waals surface area (Å²) in [5.74, 6) is 0. The first-order valence-corrected chi connectivity index (χ1v) is 5.15. The zero-order valence-corrected chi connectivity index (χ0v) is 11.1. The van der Waals surface area contributed by atoms with Gasteiger partial charge in [-0.15, -0.1) is 12.4 Å². The zero-order valence-electron chi connectivity index (χ0n) is 10.3. The van der Waals surface area contributed by atoms with Crippen LogP contribution in [-0.2, 0) is 0 Å². The second-order valence-electron chi connectivity index (χ2n) is 5.19. The van der Waals surface area contributed by atoms with Gasteiger partial charge in [-0.1, -0.05) is 39.0 Å². The molecule has 15 heavy (non-hydrogen) atoms. The van der Waals surface area contributed by atoms with Crippen LogP contribution in [0.5, 0.6) is 0 Å². The second-order valence-corrected chi connectivity index (χ2v) is 5.19. The quantitative estimate of drug-likeness (QED) is 0.777. The van der Waals surface area contributed by atoms with Crippen LogP contribution in [0, 0.1) is 19.3 Å². The summed E-state index contributed by atoms with van der Waals surface area (Å²) in [5, 5.41) is 0. The average Bonchev–Trinajstić information content (AvgIpc) is 2.07. The van der Waals surface area contributed by atoms with Gasteiger partial charge in [-0.05, 0) is 36.0 Å². The van der Waals surface area contributed by atoms with Crippen LogP contribution in [0.2, 0.25) is 0 Å². The largest absolute Gasteiger partial charge is 0.324 e. The van der Waals surface area contributed by atoms with Crippen molar-refractivity contribution in [3.8, 4) is 0 Å². The predicted molar refractivity (Wildman–Crippen MR) is 69.5 cm³/mol. The molecule has 0 bridgehead atoms. The van der Waals surface area contributed by atoms with Gasteiger partial charge < -0.3 is 5.73 Å². The summed E-state index contributed by atoms with van der Waals surface area (Å²) in [4.78, 5) is 0. The van der Waals surface area contributed by atoms with E-state index in [1.54, 1.807) is 0 Å². The number of nitrogens with two attached hydrogens (primary N) is 1. The SMILES string of the molecule is Cc1ccc([C@H](N)C(C)(C)C)cc1C.Cl. The lowest BCUT2D eigenvalue weighted by molar-refractivity contribution is 0.327. The number of rotatable bonds is 1. The van der Waals surface area contributed by atoms with E-state index in [0.29, 0.717) is 0 Å². The van der Waals surface area contributed by atoms with Crippen molar-refractivity contribution >= 4 is 12.4 Å². The standard InChI is InChI=1S/C13H21N.ClH/c1-9-6-7-11(8-10(9)2)12(14)13(3,4)5;/h6-8,12H,14H2,1-5H3;1H/t12-;/m0./s1. The third kappa shape index (κ3) is 3.51. The minimum Gasteiger partial charge on any atom is -0.324 e. The predicted octanol–water partition coefficient (Wildman–Crippen LogP) is 3.77. The maximum absolute atomic E-state index is 6.19. The molecule has 0 heterocycles. The Hall–Kier alpha value is -0.530. The van der Waals surface area contributed by atoms with Gasteiger partial charge in [-0.2, -0.15) is 0 Å². The van der Waals surface area contributed by atoms with E-state index in [4.69, 9.17) is 5.73 Å². The van der Waals surface area contributed by atoms with Crippen molar-refractivity contribution in [1.82, 2.24) is 0 Å².